The minimum Gasteiger partial charge on any atom is -0.285 e. The summed E-state index contributed by atoms with van der Waals surface area (Å²) in [6.45, 7) is 0. The lowest BCUT2D eigenvalue weighted by Crippen LogP contribution is -2.34. The minimum absolute atomic E-state index is 0.0255. The molecular weight excluding hydrogens is 362 g/mol. The maximum atomic E-state index is 13.2. The van der Waals surface area contributed by atoms with Gasteiger partial charge in [0.05, 0.1) is 17.5 Å². The Morgan fingerprint density at radius 1 is 0.923 bits per heavy atom. The molecule has 0 radical (unpaired) electrons. The first-order valence-electron chi connectivity index (χ1n) is 7.33. The van der Waals surface area contributed by atoms with Crippen LogP contribution in [0.4, 0.5) is 26.3 Å². The highest BCUT2D eigenvalue weighted by molar-refractivity contribution is 5.86. The fraction of sp³-hybridized carbons (Fsp3) is 0.176. The number of nitrogens with zero attached hydrogens (tertiary/aromatic N) is 2. The van der Waals surface area contributed by atoms with Crippen molar-refractivity contribution < 1.29 is 36.3 Å². The highest BCUT2D eigenvalue weighted by atomic mass is 19.4. The van der Waals surface area contributed by atoms with E-state index >= 15 is 0 Å². The molecule has 9 heteroatoms. The SMILES string of the molecule is O[n+]1ccccc1Cc1cc(C(F)(F)F)nc2c(C(F)(F)F)cccc12. The zero-order valence-electron chi connectivity index (χ0n) is 12.9. The Morgan fingerprint density at radius 2 is 1.65 bits per heavy atom. The van der Waals surface area contributed by atoms with Crippen molar-refractivity contribution in [3.63, 3.8) is 0 Å². The number of benzene rings is 1. The Hall–Kier alpha value is -2.84. The molecular formula is C17H11F6N2O+. The number of para-hydroxylation sites is 1. The molecule has 2 aromatic heterocycles. The van der Waals surface area contributed by atoms with Crippen molar-refractivity contribution in [3.8, 4) is 0 Å². The molecule has 2 heterocycles. The molecule has 0 bridgehead atoms. The average Bonchev–Trinajstić information content (AvgIpc) is 2.54. The van der Waals surface area contributed by atoms with Crippen LogP contribution >= 0.6 is 0 Å². The zero-order valence-corrected chi connectivity index (χ0v) is 12.9. The number of hydrogen-bond acceptors (Lipinski definition) is 2. The molecule has 0 aliphatic carbocycles. The van der Waals surface area contributed by atoms with Crippen molar-refractivity contribution in [2.75, 3.05) is 0 Å². The van der Waals surface area contributed by atoms with Gasteiger partial charge >= 0.3 is 12.4 Å². The standard InChI is InChI=1S/C17H11F6N2O/c18-16(19,20)13-6-3-5-12-10(8-11-4-1-2-7-25(11)26)9-14(17(21,22)23)24-15(12)13/h1-7,9,26H,8H2/q+1. The summed E-state index contributed by atoms with van der Waals surface area (Å²) in [4.78, 5) is 3.22. The smallest absolute Gasteiger partial charge is 0.285 e. The summed E-state index contributed by atoms with van der Waals surface area (Å²) >= 11 is 0. The van der Waals surface area contributed by atoms with E-state index in [0.29, 0.717) is 16.9 Å². The van der Waals surface area contributed by atoms with Gasteiger partial charge in [0.2, 0.25) is 11.9 Å². The van der Waals surface area contributed by atoms with E-state index in [1.165, 1.54) is 24.4 Å². The maximum Gasteiger partial charge on any atom is 0.433 e. The zero-order chi connectivity index (χ0) is 19.1. The Kier molecular flexibility index (Phi) is 4.25. The molecule has 0 unspecified atom stereocenters. The van der Waals surface area contributed by atoms with Gasteiger partial charge in [-0.15, -0.1) is 0 Å². The van der Waals surface area contributed by atoms with Crippen molar-refractivity contribution >= 4 is 10.9 Å². The second-order valence-corrected chi connectivity index (χ2v) is 5.58. The number of hydrogen-bond donors (Lipinski definition) is 1. The van der Waals surface area contributed by atoms with Crippen LogP contribution in [0.5, 0.6) is 0 Å². The normalized spacial score (nSPS) is 12.5. The molecule has 0 aliphatic rings. The molecule has 0 atom stereocenters. The van der Waals surface area contributed by atoms with E-state index in [0.717, 1.165) is 6.07 Å². The molecule has 0 aliphatic heterocycles. The second kappa shape index (κ2) is 6.15. The van der Waals surface area contributed by atoms with Crippen LogP contribution in [-0.2, 0) is 18.8 Å². The maximum absolute atomic E-state index is 13.2. The summed E-state index contributed by atoms with van der Waals surface area (Å²) < 4.78 is 79.7. The van der Waals surface area contributed by atoms with E-state index in [4.69, 9.17) is 0 Å². The van der Waals surface area contributed by atoms with Gasteiger partial charge in [-0.25, -0.2) is 4.98 Å². The van der Waals surface area contributed by atoms with E-state index < -0.39 is 29.1 Å². The number of pyridine rings is 2. The highest BCUT2D eigenvalue weighted by Crippen LogP contribution is 2.37. The quantitative estimate of drug-likeness (QED) is 0.411. The molecule has 26 heavy (non-hydrogen) atoms. The van der Waals surface area contributed by atoms with E-state index in [-0.39, 0.29) is 23.1 Å². The number of fused-ring (bicyclic) bond motifs is 1. The van der Waals surface area contributed by atoms with Gasteiger partial charge in [0, 0.05) is 22.2 Å². The van der Waals surface area contributed by atoms with Gasteiger partial charge in [-0.3, -0.25) is 5.21 Å². The van der Waals surface area contributed by atoms with E-state index in [1.807, 2.05) is 0 Å². The fourth-order valence-corrected chi connectivity index (χ4v) is 2.64. The molecule has 1 aromatic carbocycles. The van der Waals surface area contributed by atoms with E-state index in [9.17, 15) is 31.5 Å². The first-order valence-corrected chi connectivity index (χ1v) is 7.33. The van der Waals surface area contributed by atoms with Gasteiger partial charge in [-0.1, -0.05) is 12.1 Å². The van der Waals surface area contributed by atoms with Gasteiger partial charge in [0.15, 0.2) is 0 Å². The van der Waals surface area contributed by atoms with Crippen LogP contribution in [0.1, 0.15) is 22.5 Å². The second-order valence-electron chi connectivity index (χ2n) is 5.58. The lowest BCUT2D eigenvalue weighted by atomic mass is 9.99. The van der Waals surface area contributed by atoms with Crippen molar-refractivity contribution in [2.45, 2.75) is 18.8 Å². The van der Waals surface area contributed by atoms with Crippen molar-refractivity contribution in [1.29, 1.82) is 0 Å². The fourth-order valence-electron chi connectivity index (χ4n) is 2.64. The summed E-state index contributed by atoms with van der Waals surface area (Å²) in [5, 5.41) is 9.70. The van der Waals surface area contributed by atoms with Crippen LogP contribution < -0.4 is 4.73 Å². The monoisotopic (exact) mass is 373 g/mol. The van der Waals surface area contributed by atoms with Gasteiger partial charge in [-0.05, 0) is 23.8 Å². The molecule has 3 rings (SSSR count). The first-order chi connectivity index (χ1) is 12.1. The van der Waals surface area contributed by atoms with Crippen LogP contribution in [0.25, 0.3) is 10.9 Å². The summed E-state index contributed by atoms with van der Waals surface area (Å²) in [7, 11) is 0. The van der Waals surface area contributed by atoms with Crippen LogP contribution in [0.15, 0.2) is 48.7 Å². The van der Waals surface area contributed by atoms with Crippen molar-refractivity contribution in [1.82, 2.24) is 4.98 Å². The average molecular weight is 373 g/mol. The third kappa shape index (κ3) is 3.42. The summed E-state index contributed by atoms with van der Waals surface area (Å²) in [6.07, 6.45) is -8.70. The largest absolute Gasteiger partial charge is 0.433 e. The van der Waals surface area contributed by atoms with Crippen LogP contribution in [0.3, 0.4) is 0 Å². The third-order valence-corrected chi connectivity index (χ3v) is 3.81. The molecule has 3 aromatic rings. The molecule has 0 saturated carbocycles. The number of aromatic nitrogens is 2. The molecule has 136 valence electrons. The van der Waals surface area contributed by atoms with Crippen LogP contribution in [0.2, 0.25) is 0 Å². The van der Waals surface area contributed by atoms with Crippen LogP contribution in [-0.4, -0.2) is 10.2 Å². The van der Waals surface area contributed by atoms with Gasteiger partial charge in [0.1, 0.15) is 5.69 Å². The van der Waals surface area contributed by atoms with E-state index in [1.54, 1.807) is 6.07 Å². The molecule has 1 N–H and O–H groups in total. The predicted octanol–water partition coefficient (Wildman–Crippen LogP) is 4.39. The Bertz CT molecular complexity index is 966. The van der Waals surface area contributed by atoms with E-state index in [2.05, 4.69) is 4.98 Å². The van der Waals surface area contributed by atoms with Gasteiger partial charge < -0.3 is 0 Å². The molecule has 0 amide bonds. The Labute approximate surface area is 143 Å². The Balaban J connectivity index is 2.29. The molecule has 3 nitrogen and oxygen atoms in total. The molecule has 0 saturated heterocycles. The van der Waals surface area contributed by atoms with Gasteiger partial charge in [-0.2, -0.15) is 26.3 Å². The van der Waals surface area contributed by atoms with Crippen LogP contribution in [0, 0.1) is 0 Å². The minimum atomic E-state index is -4.91. The van der Waals surface area contributed by atoms with Crippen molar-refractivity contribution in [3.05, 3.63) is 71.2 Å². The van der Waals surface area contributed by atoms with Crippen molar-refractivity contribution in [2.24, 2.45) is 0 Å². The first kappa shape index (κ1) is 18.0. The summed E-state index contributed by atoms with van der Waals surface area (Å²) in [5.41, 5.74) is -3.25. The van der Waals surface area contributed by atoms with Gasteiger partial charge in [0.25, 0.3) is 0 Å². The lowest BCUT2D eigenvalue weighted by Gasteiger charge is -2.15. The molecule has 0 fully saturated rings. The lowest BCUT2D eigenvalue weighted by molar-refractivity contribution is -0.909. The predicted molar refractivity (Wildman–Crippen MR) is 78.4 cm³/mol. The number of halogens is 6. The highest BCUT2D eigenvalue weighted by Gasteiger charge is 2.37. The number of alkyl halides is 6. The topological polar surface area (TPSA) is 37.0 Å². The third-order valence-electron chi connectivity index (χ3n) is 3.81. The number of rotatable bonds is 2. The molecule has 0 spiro atoms. The Morgan fingerprint density at radius 3 is 2.27 bits per heavy atom. The summed E-state index contributed by atoms with van der Waals surface area (Å²) in [6, 6.07) is 8.28. The summed E-state index contributed by atoms with van der Waals surface area (Å²) in [5.74, 6) is 0.